The van der Waals surface area contributed by atoms with E-state index in [0.29, 0.717) is 23.7 Å². The Bertz CT molecular complexity index is 963. The number of hydrogen-bond donors (Lipinski definition) is 0. The molecule has 3 aromatic rings. The van der Waals surface area contributed by atoms with Gasteiger partial charge in [-0.1, -0.05) is 28.1 Å². The molecule has 144 valence electrons. The first kappa shape index (κ1) is 18.6. The predicted molar refractivity (Wildman–Crippen MR) is 107 cm³/mol. The standard InChI is InChI=1S/C20H20BrN5O2/c1-14-6-7-16(28-19-12-15(21)8-9-22-19)13-25(14)20(27)17-4-2-3-5-18(17)26-23-10-11-24-26/h2-5,8-12,14,16H,6-7,13H2,1H3/t14-,16-/m1/s1. The molecule has 1 aliphatic heterocycles. The summed E-state index contributed by atoms with van der Waals surface area (Å²) < 4.78 is 6.95. The van der Waals surface area contributed by atoms with Crippen molar-refractivity contribution >= 4 is 21.8 Å². The van der Waals surface area contributed by atoms with Gasteiger partial charge < -0.3 is 9.64 Å². The molecule has 1 fully saturated rings. The fourth-order valence-electron chi connectivity index (χ4n) is 3.40. The summed E-state index contributed by atoms with van der Waals surface area (Å²) in [7, 11) is 0. The number of hydrogen-bond acceptors (Lipinski definition) is 5. The molecule has 4 rings (SSSR count). The normalized spacial score (nSPS) is 19.4. The highest BCUT2D eigenvalue weighted by molar-refractivity contribution is 9.10. The highest BCUT2D eigenvalue weighted by Crippen LogP contribution is 2.25. The molecule has 0 N–H and O–H groups in total. The largest absolute Gasteiger partial charge is 0.472 e. The molecule has 1 aromatic carbocycles. The van der Waals surface area contributed by atoms with Crippen molar-refractivity contribution in [2.75, 3.05) is 6.54 Å². The van der Waals surface area contributed by atoms with E-state index in [1.54, 1.807) is 18.6 Å². The average Bonchev–Trinajstić information content (AvgIpc) is 3.24. The molecule has 0 unspecified atom stereocenters. The van der Waals surface area contributed by atoms with Gasteiger partial charge in [-0.25, -0.2) is 4.98 Å². The van der Waals surface area contributed by atoms with Crippen LogP contribution in [-0.4, -0.2) is 49.5 Å². The van der Waals surface area contributed by atoms with E-state index in [2.05, 4.69) is 38.0 Å². The van der Waals surface area contributed by atoms with Gasteiger partial charge in [0.25, 0.3) is 5.91 Å². The van der Waals surface area contributed by atoms with Crippen LogP contribution in [0.1, 0.15) is 30.1 Å². The monoisotopic (exact) mass is 441 g/mol. The lowest BCUT2D eigenvalue weighted by atomic mass is 9.99. The fourth-order valence-corrected chi connectivity index (χ4v) is 3.71. The molecular weight excluding hydrogens is 422 g/mol. The van der Waals surface area contributed by atoms with Gasteiger partial charge in [-0.05, 0) is 38.0 Å². The van der Waals surface area contributed by atoms with Crippen molar-refractivity contribution in [1.29, 1.82) is 0 Å². The summed E-state index contributed by atoms with van der Waals surface area (Å²) >= 11 is 3.43. The highest BCUT2D eigenvalue weighted by atomic mass is 79.9. The highest BCUT2D eigenvalue weighted by Gasteiger charge is 2.32. The molecule has 3 heterocycles. The Kier molecular flexibility index (Phi) is 5.38. The van der Waals surface area contributed by atoms with Crippen molar-refractivity contribution in [2.45, 2.75) is 31.9 Å². The smallest absolute Gasteiger partial charge is 0.256 e. The maximum atomic E-state index is 13.4. The number of carbonyl (C=O) groups is 1. The van der Waals surface area contributed by atoms with Crippen molar-refractivity contribution in [3.05, 3.63) is 65.0 Å². The summed E-state index contributed by atoms with van der Waals surface area (Å²) in [6, 6.07) is 11.2. The van der Waals surface area contributed by atoms with Crippen molar-refractivity contribution < 1.29 is 9.53 Å². The van der Waals surface area contributed by atoms with Crippen LogP contribution in [0.15, 0.2) is 59.5 Å². The maximum Gasteiger partial charge on any atom is 0.256 e. The van der Waals surface area contributed by atoms with Gasteiger partial charge in [-0.15, -0.1) is 0 Å². The first-order chi connectivity index (χ1) is 13.6. The fraction of sp³-hybridized carbons (Fsp3) is 0.300. The third-order valence-corrected chi connectivity index (χ3v) is 5.35. The minimum atomic E-state index is -0.100. The van der Waals surface area contributed by atoms with Crippen LogP contribution in [0.4, 0.5) is 0 Å². The molecule has 28 heavy (non-hydrogen) atoms. The summed E-state index contributed by atoms with van der Waals surface area (Å²) in [5.74, 6) is 0.512. The lowest BCUT2D eigenvalue weighted by Gasteiger charge is -2.38. The zero-order valence-electron chi connectivity index (χ0n) is 15.4. The number of para-hydroxylation sites is 1. The number of nitrogens with zero attached hydrogens (tertiary/aromatic N) is 5. The van der Waals surface area contributed by atoms with Crippen LogP contribution in [0.2, 0.25) is 0 Å². The van der Waals surface area contributed by atoms with E-state index in [9.17, 15) is 4.79 Å². The lowest BCUT2D eigenvalue weighted by Crippen LogP contribution is -2.49. The van der Waals surface area contributed by atoms with Crippen LogP contribution in [0.5, 0.6) is 5.88 Å². The van der Waals surface area contributed by atoms with Crippen LogP contribution < -0.4 is 4.74 Å². The Hall–Kier alpha value is -2.74. The van der Waals surface area contributed by atoms with Gasteiger partial charge in [0.05, 0.1) is 30.2 Å². The van der Waals surface area contributed by atoms with E-state index >= 15 is 0 Å². The van der Waals surface area contributed by atoms with Crippen molar-refractivity contribution in [3.8, 4) is 11.6 Å². The first-order valence-electron chi connectivity index (χ1n) is 9.16. The third kappa shape index (κ3) is 3.91. The number of amides is 1. The van der Waals surface area contributed by atoms with Crippen LogP contribution in [0, 0.1) is 0 Å². The third-order valence-electron chi connectivity index (χ3n) is 4.85. The van der Waals surface area contributed by atoms with E-state index in [1.807, 2.05) is 41.3 Å². The lowest BCUT2D eigenvalue weighted by molar-refractivity contribution is 0.0372. The molecule has 0 radical (unpaired) electrons. The van der Waals surface area contributed by atoms with Crippen LogP contribution in [0.25, 0.3) is 5.69 Å². The summed E-state index contributed by atoms with van der Waals surface area (Å²) in [6.45, 7) is 2.58. The molecular formula is C20H20BrN5O2. The van der Waals surface area contributed by atoms with E-state index in [4.69, 9.17) is 4.74 Å². The van der Waals surface area contributed by atoms with Crippen molar-refractivity contribution in [2.24, 2.45) is 0 Å². The zero-order valence-corrected chi connectivity index (χ0v) is 17.0. The van der Waals surface area contributed by atoms with Gasteiger partial charge in [0.1, 0.15) is 6.10 Å². The minimum Gasteiger partial charge on any atom is -0.472 e. The van der Waals surface area contributed by atoms with Crippen LogP contribution in [0.3, 0.4) is 0 Å². The Morgan fingerprint density at radius 3 is 2.71 bits per heavy atom. The van der Waals surface area contributed by atoms with E-state index in [1.165, 1.54) is 4.80 Å². The summed E-state index contributed by atoms with van der Waals surface area (Å²) in [6.07, 6.45) is 6.53. The maximum absolute atomic E-state index is 13.4. The number of piperidine rings is 1. The molecule has 2 aromatic heterocycles. The quantitative estimate of drug-likeness (QED) is 0.619. The molecule has 0 spiro atoms. The molecule has 2 atom stereocenters. The Morgan fingerprint density at radius 2 is 1.93 bits per heavy atom. The molecule has 1 saturated heterocycles. The number of ether oxygens (including phenoxy) is 1. The number of pyridine rings is 1. The molecule has 8 heteroatoms. The molecule has 1 amide bonds. The molecule has 0 saturated carbocycles. The first-order valence-corrected chi connectivity index (χ1v) is 9.96. The number of benzene rings is 1. The number of rotatable bonds is 4. The SMILES string of the molecule is C[C@@H]1CC[C@@H](Oc2cc(Br)ccn2)CN1C(=O)c1ccccc1-n1nccn1. The Labute approximate surface area is 171 Å². The van der Waals surface area contributed by atoms with Gasteiger partial charge >= 0.3 is 0 Å². The van der Waals surface area contributed by atoms with Gasteiger partial charge in [0, 0.05) is 22.8 Å². The van der Waals surface area contributed by atoms with E-state index < -0.39 is 0 Å². The number of aromatic nitrogens is 4. The average molecular weight is 442 g/mol. The molecule has 0 bridgehead atoms. The molecule has 7 nitrogen and oxygen atoms in total. The second-order valence-corrected chi connectivity index (χ2v) is 7.69. The van der Waals surface area contributed by atoms with E-state index in [0.717, 1.165) is 17.3 Å². The second kappa shape index (κ2) is 8.10. The zero-order chi connectivity index (χ0) is 19.5. The minimum absolute atomic E-state index is 0.0455. The van der Waals surface area contributed by atoms with Gasteiger partial charge in [-0.2, -0.15) is 15.0 Å². The van der Waals surface area contributed by atoms with Crippen LogP contribution >= 0.6 is 15.9 Å². The topological polar surface area (TPSA) is 73.1 Å². The number of halogens is 1. The summed E-state index contributed by atoms with van der Waals surface area (Å²) in [5.41, 5.74) is 1.24. The van der Waals surface area contributed by atoms with Crippen LogP contribution in [-0.2, 0) is 0 Å². The van der Waals surface area contributed by atoms with E-state index in [-0.39, 0.29) is 18.1 Å². The van der Waals surface area contributed by atoms with Gasteiger partial charge in [0.15, 0.2) is 0 Å². The van der Waals surface area contributed by atoms with Gasteiger partial charge in [-0.3, -0.25) is 4.79 Å². The second-order valence-electron chi connectivity index (χ2n) is 6.77. The summed E-state index contributed by atoms with van der Waals surface area (Å²) in [4.78, 5) is 21.0. The summed E-state index contributed by atoms with van der Waals surface area (Å²) in [5, 5.41) is 8.34. The van der Waals surface area contributed by atoms with Crippen molar-refractivity contribution in [1.82, 2.24) is 24.9 Å². The number of carbonyl (C=O) groups excluding carboxylic acids is 1. The molecule has 0 aliphatic carbocycles. The van der Waals surface area contributed by atoms with Crippen molar-refractivity contribution in [3.63, 3.8) is 0 Å². The Morgan fingerprint density at radius 1 is 1.14 bits per heavy atom. The predicted octanol–water partition coefficient (Wildman–Crippen LogP) is 3.50. The van der Waals surface area contributed by atoms with Gasteiger partial charge in [0.2, 0.25) is 5.88 Å². The number of likely N-dealkylation sites (tertiary alicyclic amines) is 1. The molecule has 1 aliphatic rings. The Balaban J connectivity index is 1.55.